The zero-order valence-electron chi connectivity index (χ0n) is 23.1. The molecule has 0 bridgehead atoms. The van der Waals surface area contributed by atoms with Crippen LogP contribution in [0.25, 0.3) is 0 Å². The Kier molecular flexibility index (Phi) is 7.78. The summed E-state index contributed by atoms with van der Waals surface area (Å²) in [6, 6.07) is 19.8. The van der Waals surface area contributed by atoms with Gasteiger partial charge in [-0.05, 0) is 47.9 Å². The number of ether oxygens (including phenoxy) is 1. The summed E-state index contributed by atoms with van der Waals surface area (Å²) in [5.74, 6) is -0.0965. The van der Waals surface area contributed by atoms with E-state index in [2.05, 4.69) is 22.3 Å². The van der Waals surface area contributed by atoms with Gasteiger partial charge in [0.15, 0.2) is 0 Å². The van der Waals surface area contributed by atoms with Gasteiger partial charge in [0.05, 0.1) is 29.9 Å². The van der Waals surface area contributed by atoms with Crippen molar-refractivity contribution in [1.82, 2.24) is 15.1 Å². The maximum atomic E-state index is 14.4. The summed E-state index contributed by atoms with van der Waals surface area (Å²) >= 11 is 0. The number of carbonyl (C=O) groups is 2. The summed E-state index contributed by atoms with van der Waals surface area (Å²) in [4.78, 5) is 30.7. The number of benzene rings is 3. The molecule has 9 nitrogen and oxygen atoms in total. The van der Waals surface area contributed by atoms with E-state index in [-0.39, 0.29) is 24.1 Å². The SMILES string of the molecule is N#Cc1ccc(N2CCN(Cc3ccc(COc4cccc5c4CN([C@H]4CCC(=O)NC4O)C5=O)cc3)CC2)c(F)c1. The largest absolute Gasteiger partial charge is 0.489 e. The normalized spacial score (nSPS) is 20.7. The maximum Gasteiger partial charge on any atom is 0.255 e. The second kappa shape index (κ2) is 11.8. The average molecular weight is 570 g/mol. The number of nitriles is 1. The van der Waals surface area contributed by atoms with Gasteiger partial charge in [-0.25, -0.2) is 4.39 Å². The van der Waals surface area contributed by atoms with Crippen molar-refractivity contribution < 1.29 is 23.8 Å². The third kappa shape index (κ3) is 5.66. The monoisotopic (exact) mass is 569 g/mol. The number of anilines is 1. The zero-order valence-corrected chi connectivity index (χ0v) is 23.1. The lowest BCUT2D eigenvalue weighted by Crippen LogP contribution is -2.55. The summed E-state index contributed by atoms with van der Waals surface area (Å²) in [6.07, 6.45) is -0.391. The third-order valence-corrected chi connectivity index (χ3v) is 8.31. The highest BCUT2D eigenvalue weighted by molar-refractivity contribution is 5.99. The molecule has 3 aromatic rings. The molecule has 3 aliphatic rings. The molecule has 2 atom stereocenters. The maximum absolute atomic E-state index is 14.4. The molecule has 0 spiro atoms. The van der Waals surface area contributed by atoms with E-state index in [0.29, 0.717) is 55.2 Å². The molecule has 0 radical (unpaired) electrons. The molecule has 2 amide bonds. The Hall–Kier alpha value is -4.46. The summed E-state index contributed by atoms with van der Waals surface area (Å²) < 4.78 is 20.6. The number of rotatable bonds is 7. The summed E-state index contributed by atoms with van der Waals surface area (Å²) in [6.45, 7) is 4.51. The van der Waals surface area contributed by atoms with E-state index >= 15 is 0 Å². The second-order valence-electron chi connectivity index (χ2n) is 11.0. The second-order valence-corrected chi connectivity index (χ2v) is 11.0. The minimum atomic E-state index is -1.08. The Morgan fingerprint density at radius 2 is 1.79 bits per heavy atom. The van der Waals surface area contributed by atoms with Gasteiger partial charge in [-0.15, -0.1) is 0 Å². The molecule has 42 heavy (non-hydrogen) atoms. The number of aliphatic hydroxyl groups excluding tert-OH is 1. The Balaban J connectivity index is 1.02. The number of piperazine rings is 1. The van der Waals surface area contributed by atoms with E-state index in [4.69, 9.17) is 10.00 Å². The predicted molar refractivity (Wildman–Crippen MR) is 153 cm³/mol. The molecule has 6 rings (SSSR count). The molecule has 216 valence electrons. The number of nitrogens with zero attached hydrogens (tertiary/aromatic N) is 4. The van der Waals surface area contributed by atoms with Crippen LogP contribution in [0.5, 0.6) is 5.75 Å². The van der Waals surface area contributed by atoms with E-state index in [1.807, 2.05) is 29.2 Å². The van der Waals surface area contributed by atoms with Gasteiger partial charge in [0.2, 0.25) is 5.91 Å². The van der Waals surface area contributed by atoms with Crippen molar-refractivity contribution in [3.8, 4) is 11.8 Å². The van der Waals surface area contributed by atoms with Crippen LogP contribution in [0.1, 0.15) is 45.5 Å². The fraction of sp³-hybridized carbons (Fsp3) is 0.344. The van der Waals surface area contributed by atoms with E-state index < -0.39 is 12.3 Å². The van der Waals surface area contributed by atoms with Crippen molar-refractivity contribution in [1.29, 1.82) is 5.26 Å². The molecular weight excluding hydrogens is 537 g/mol. The minimum absolute atomic E-state index is 0.164. The standard InChI is InChI=1S/C32H32FN5O4/c33-26-16-23(17-34)8-9-27(26)37-14-12-36(13-15-37)18-21-4-6-22(7-5-21)20-42-29-3-1-2-24-25(29)19-38(32(24)41)28-10-11-30(39)35-31(28)40/h1-9,16,28,31,40H,10-15,18-20H2,(H,35,39)/t28-,31?/m0/s1. The van der Waals surface area contributed by atoms with Crippen LogP contribution in [0.15, 0.2) is 60.7 Å². The summed E-state index contributed by atoms with van der Waals surface area (Å²) in [5, 5.41) is 21.8. The van der Waals surface area contributed by atoms with Crippen LogP contribution in [-0.2, 0) is 24.5 Å². The lowest BCUT2D eigenvalue weighted by molar-refractivity contribution is -0.129. The first-order valence-corrected chi connectivity index (χ1v) is 14.2. The van der Waals surface area contributed by atoms with Crippen molar-refractivity contribution in [3.05, 3.63) is 94.3 Å². The molecule has 2 saturated heterocycles. The molecule has 2 N–H and O–H groups in total. The fourth-order valence-electron chi connectivity index (χ4n) is 5.97. The number of halogens is 1. The van der Waals surface area contributed by atoms with Crippen LogP contribution < -0.4 is 15.0 Å². The lowest BCUT2D eigenvalue weighted by Gasteiger charge is -2.36. The Labute approximate surface area is 243 Å². The molecular formula is C32H32FN5O4. The zero-order chi connectivity index (χ0) is 29.2. The quantitative estimate of drug-likeness (QED) is 0.450. The average Bonchev–Trinajstić information content (AvgIpc) is 3.33. The van der Waals surface area contributed by atoms with Gasteiger partial charge >= 0.3 is 0 Å². The smallest absolute Gasteiger partial charge is 0.255 e. The van der Waals surface area contributed by atoms with Crippen molar-refractivity contribution in [2.24, 2.45) is 0 Å². The van der Waals surface area contributed by atoms with Crippen molar-refractivity contribution >= 4 is 17.5 Å². The molecule has 10 heteroatoms. The van der Waals surface area contributed by atoms with Crippen molar-refractivity contribution in [3.63, 3.8) is 0 Å². The fourth-order valence-corrected chi connectivity index (χ4v) is 5.97. The predicted octanol–water partition coefficient (Wildman–Crippen LogP) is 3.15. The number of carbonyl (C=O) groups excluding carboxylic acids is 2. The van der Waals surface area contributed by atoms with Gasteiger partial charge in [-0.1, -0.05) is 30.3 Å². The van der Waals surface area contributed by atoms with Crippen LogP contribution in [0, 0.1) is 17.1 Å². The van der Waals surface area contributed by atoms with E-state index in [1.54, 1.807) is 29.2 Å². The van der Waals surface area contributed by atoms with Crippen molar-refractivity contribution in [2.45, 2.75) is 44.8 Å². The van der Waals surface area contributed by atoms with Crippen LogP contribution in [0.3, 0.4) is 0 Å². The molecule has 0 aromatic heterocycles. The van der Waals surface area contributed by atoms with Gasteiger partial charge in [0, 0.05) is 50.3 Å². The first-order valence-electron chi connectivity index (χ1n) is 14.2. The number of aliphatic hydroxyl groups is 1. The van der Waals surface area contributed by atoms with Gasteiger partial charge in [0.25, 0.3) is 5.91 Å². The van der Waals surface area contributed by atoms with Gasteiger partial charge in [-0.2, -0.15) is 5.26 Å². The number of nitrogens with one attached hydrogen (secondary N) is 1. The van der Waals surface area contributed by atoms with E-state index in [0.717, 1.165) is 30.8 Å². The van der Waals surface area contributed by atoms with Crippen LogP contribution in [0.4, 0.5) is 10.1 Å². The highest BCUT2D eigenvalue weighted by Crippen LogP contribution is 2.34. The Bertz CT molecular complexity index is 1530. The Morgan fingerprint density at radius 3 is 2.50 bits per heavy atom. The molecule has 3 aliphatic heterocycles. The number of fused-ring (bicyclic) bond motifs is 1. The first kappa shape index (κ1) is 27.7. The van der Waals surface area contributed by atoms with Crippen molar-refractivity contribution in [2.75, 3.05) is 31.1 Å². The van der Waals surface area contributed by atoms with E-state index in [1.165, 1.54) is 11.6 Å². The van der Waals surface area contributed by atoms with Gasteiger partial charge in [0.1, 0.15) is 24.4 Å². The van der Waals surface area contributed by atoms with E-state index in [9.17, 15) is 19.1 Å². The summed E-state index contributed by atoms with van der Waals surface area (Å²) in [7, 11) is 0. The topological polar surface area (TPSA) is 109 Å². The number of hydrogen-bond donors (Lipinski definition) is 2. The summed E-state index contributed by atoms with van der Waals surface area (Å²) in [5.41, 5.74) is 4.41. The lowest BCUT2D eigenvalue weighted by atomic mass is 10.0. The first-order chi connectivity index (χ1) is 20.4. The Morgan fingerprint density at radius 1 is 1.02 bits per heavy atom. The number of hydrogen-bond acceptors (Lipinski definition) is 7. The molecule has 3 heterocycles. The minimum Gasteiger partial charge on any atom is -0.489 e. The highest BCUT2D eigenvalue weighted by atomic mass is 19.1. The third-order valence-electron chi connectivity index (χ3n) is 8.31. The molecule has 2 fully saturated rings. The van der Waals surface area contributed by atoms with Gasteiger partial charge in [-0.3, -0.25) is 14.5 Å². The molecule has 1 unspecified atom stereocenters. The molecule has 0 saturated carbocycles. The van der Waals surface area contributed by atoms with Gasteiger partial charge < -0.3 is 25.0 Å². The van der Waals surface area contributed by atoms with Crippen LogP contribution in [0.2, 0.25) is 0 Å². The molecule has 0 aliphatic carbocycles. The number of amides is 2. The number of piperidine rings is 1. The molecule has 3 aromatic carbocycles. The van der Waals surface area contributed by atoms with Crippen LogP contribution in [-0.4, -0.2) is 65.2 Å². The van der Waals surface area contributed by atoms with Crippen LogP contribution >= 0.6 is 0 Å². The highest BCUT2D eigenvalue weighted by Gasteiger charge is 2.40.